The first-order valence-electron chi connectivity index (χ1n) is 10.5. The van der Waals surface area contributed by atoms with Crippen LogP contribution in [0.2, 0.25) is 0 Å². The fraction of sp³-hybridized carbons (Fsp3) is 0.478. The number of piperidine rings is 1. The number of rotatable bonds is 5. The Labute approximate surface area is 176 Å². The first-order valence-corrected chi connectivity index (χ1v) is 11.3. The average molecular weight is 413 g/mol. The number of ether oxygens (including phenoxy) is 1. The monoisotopic (exact) mass is 412 g/mol. The Balaban J connectivity index is 1.29. The Kier molecular flexibility index (Phi) is 6.19. The topological polar surface area (TPSA) is 49.9 Å². The van der Waals surface area contributed by atoms with Crippen LogP contribution in [0.3, 0.4) is 0 Å². The van der Waals surface area contributed by atoms with Crippen LogP contribution < -0.4 is 4.74 Å². The van der Waals surface area contributed by atoms with Crippen LogP contribution in [0.4, 0.5) is 0 Å². The number of nitrogens with zero attached hydrogens (tertiary/aromatic N) is 2. The molecule has 3 heterocycles. The van der Waals surface area contributed by atoms with E-state index in [2.05, 4.69) is 0 Å². The lowest BCUT2D eigenvalue weighted by Gasteiger charge is -2.32. The van der Waals surface area contributed by atoms with Crippen molar-refractivity contribution in [2.24, 2.45) is 5.92 Å². The van der Waals surface area contributed by atoms with Crippen molar-refractivity contribution in [3.63, 3.8) is 0 Å². The second-order valence-corrected chi connectivity index (χ2v) is 9.29. The lowest BCUT2D eigenvalue weighted by Crippen LogP contribution is -2.41. The Morgan fingerprint density at radius 2 is 1.69 bits per heavy atom. The number of benzene rings is 1. The molecule has 2 amide bonds. The number of carbonyl (C=O) groups is 2. The van der Waals surface area contributed by atoms with Crippen LogP contribution in [-0.4, -0.2) is 54.4 Å². The molecule has 0 spiro atoms. The normalized spacial score (nSPS) is 19.4. The summed E-state index contributed by atoms with van der Waals surface area (Å²) in [6.07, 6.45) is 4.27. The van der Waals surface area contributed by atoms with E-state index in [1.807, 2.05) is 53.1 Å². The number of aryl methyl sites for hydroxylation is 1. The van der Waals surface area contributed by atoms with Gasteiger partial charge < -0.3 is 14.5 Å². The van der Waals surface area contributed by atoms with Gasteiger partial charge in [-0.3, -0.25) is 9.59 Å². The van der Waals surface area contributed by atoms with Crippen LogP contribution in [0.15, 0.2) is 36.4 Å². The first-order chi connectivity index (χ1) is 14.1. The largest absolute Gasteiger partial charge is 0.493 e. The van der Waals surface area contributed by atoms with E-state index in [-0.39, 0.29) is 11.8 Å². The fourth-order valence-electron chi connectivity index (χ4n) is 4.10. The molecule has 0 N–H and O–H groups in total. The average Bonchev–Trinajstić information content (AvgIpc) is 3.44. The molecular formula is C23H28N2O3S. The van der Waals surface area contributed by atoms with Crippen molar-refractivity contribution in [3.8, 4) is 5.75 Å². The van der Waals surface area contributed by atoms with E-state index >= 15 is 0 Å². The molecule has 1 aromatic carbocycles. The molecule has 4 rings (SSSR count). The highest BCUT2D eigenvalue weighted by molar-refractivity contribution is 7.13. The predicted octanol–water partition coefficient (Wildman–Crippen LogP) is 4.22. The van der Waals surface area contributed by atoms with Gasteiger partial charge in [0.25, 0.3) is 11.8 Å². The minimum absolute atomic E-state index is 0.110. The lowest BCUT2D eigenvalue weighted by molar-refractivity contribution is 0.0638. The summed E-state index contributed by atoms with van der Waals surface area (Å²) >= 11 is 1.56. The molecule has 1 atom stereocenters. The SMILES string of the molecule is Cc1ccc(C(=O)N2CCC[C@H](COc3ccc(C(=O)N4CCCC4)cc3)C2)s1. The molecule has 0 bridgehead atoms. The molecule has 5 nitrogen and oxygen atoms in total. The quantitative estimate of drug-likeness (QED) is 0.739. The lowest BCUT2D eigenvalue weighted by atomic mass is 9.99. The zero-order valence-electron chi connectivity index (χ0n) is 16.9. The molecule has 0 radical (unpaired) electrons. The van der Waals surface area contributed by atoms with Crippen molar-refractivity contribution in [1.29, 1.82) is 0 Å². The Bertz CT molecular complexity index is 855. The van der Waals surface area contributed by atoms with E-state index in [0.717, 1.165) is 72.9 Å². The molecule has 6 heteroatoms. The molecule has 2 aliphatic heterocycles. The van der Waals surface area contributed by atoms with Crippen LogP contribution in [0, 0.1) is 12.8 Å². The number of carbonyl (C=O) groups excluding carboxylic acids is 2. The molecule has 154 valence electrons. The van der Waals surface area contributed by atoms with Gasteiger partial charge in [-0.25, -0.2) is 0 Å². The third kappa shape index (κ3) is 4.81. The molecule has 2 aliphatic rings. The second-order valence-electron chi connectivity index (χ2n) is 8.00. The van der Waals surface area contributed by atoms with Gasteiger partial charge >= 0.3 is 0 Å². The van der Waals surface area contributed by atoms with Gasteiger partial charge in [-0.1, -0.05) is 0 Å². The summed E-state index contributed by atoms with van der Waals surface area (Å²) in [5.41, 5.74) is 0.722. The summed E-state index contributed by atoms with van der Waals surface area (Å²) in [6, 6.07) is 11.4. The van der Waals surface area contributed by atoms with E-state index in [4.69, 9.17) is 4.74 Å². The number of hydrogen-bond acceptors (Lipinski definition) is 4. The van der Waals surface area contributed by atoms with Crippen LogP contribution in [0.5, 0.6) is 5.75 Å². The number of hydrogen-bond donors (Lipinski definition) is 0. The summed E-state index contributed by atoms with van der Waals surface area (Å²) in [5.74, 6) is 1.36. The van der Waals surface area contributed by atoms with Gasteiger partial charge in [-0.15, -0.1) is 11.3 Å². The molecule has 0 unspecified atom stereocenters. The van der Waals surface area contributed by atoms with Crippen molar-refractivity contribution < 1.29 is 14.3 Å². The summed E-state index contributed by atoms with van der Waals surface area (Å²) in [5, 5.41) is 0. The Morgan fingerprint density at radius 1 is 0.966 bits per heavy atom. The molecule has 29 heavy (non-hydrogen) atoms. The minimum Gasteiger partial charge on any atom is -0.493 e. The van der Waals surface area contributed by atoms with Gasteiger partial charge in [0, 0.05) is 42.5 Å². The smallest absolute Gasteiger partial charge is 0.263 e. The number of amides is 2. The van der Waals surface area contributed by atoms with Crippen molar-refractivity contribution >= 4 is 23.2 Å². The minimum atomic E-state index is 0.110. The third-order valence-corrected chi connectivity index (χ3v) is 6.73. The molecule has 2 saturated heterocycles. The van der Waals surface area contributed by atoms with Crippen LogP contribution in [0.25, 0.3) is 0 Å². The zero-order chi connectivity index (χ0) is 20.2. The van der Waals surface area contributed by atoms with E-state index in [1.165, 1.54) is 0 Å². The maximum atomic E-state index is 12.7. The van der Waals surface area contributed by atoms with Crippen LogP contribution >= 0.6 is 11.3 Å². The Hall–Kier alpha value is -2.34. The van der Waals surface area contributed by atoms with Crippen molar-refractivity contribution in [1.82, 2.24) is 9.80 Å². The van der Waals surface area contributed by atoms with Crippen molar-refractivity contribution in [3.05, 3.63) is 51.7 Å². The highest BCUT2D eigenvalue weighted by Crippen LogP contribution is 2.24. The summed E-state index contributed by atoms with van der Waals surface area (Å²) < 4.78 is 5.98. The third-order valence-electron chi connectivity index (χ3n) is 5.74. The molecule has 2 fully saturated rings. The molecule has 1 aromatic heterocycles. The molecule has 0 aliphatic carbocycles. The number of likely N-dealkylation sites (tertiary alicyclic amines) is 2. The molecule has 2 aromatic rings. The highest BCUT2D eigenvalue weighted by Gasteiger charge is 2.26. The van der Waals surface area contributed by atoms with Gasteiger partial charge in [0.15, 0.2) is 0 Å². The van der Waals surface area contributed by atoms with Gasteiger partial charge in [-0.05, 0) is 69.0 Å². The van der Waals surface area contributed by atoms with Crippen LogP contribution in [-0.2, 0) is 0 Å². The van der Waals surface area contributed by atoms with Crippen molar-refractivity contribution in [2.75, 3.05) is 32.8 Å². The standard InChI is InChI=1S/C23H28N2O3S/c1-17-6-11-21(29-17)23(27)25-14-4-5-18(15-25)16-28-20-9-7-19(8-10-20)22(26)24-12-2-3-13-24/h6-11,18H,2-5,12-16H2,1H3/t18-/m0/s1. The van der Waals surface area contributed by atoms with E-state index in [0.29, 0.717) is 12.5 Å². The summed E-state index contributed by atoms with van der Waals surface area (Å²) in [7, 11) is 0. The fourth-order valence-corrected chi connectivity index (χ4v) is 4.94. The molecule has 0 saturated carbocycles. The first kappa shape index (κ1) is 20.0. The maximum absolute atomic E-state index is 12.7. The summed E-state index contributed by atoms with van der Waals surface area (Å²) in [6.45, 7) is 5.89. The maximum Gasteiger partial charge on any atom is 0.263 e. The van der Waals surface area contributed by atoms with Gasteiger partial charge in [0.2, 0.25) is 0 Å². The predicted molar refractivity (Wildman–Crippen MR) is 115 cm³/mol. The Morgan fingerprint density at radius 3 is 2.38 bits per heavy atom. The van der Waals surface area contributed by atoms with Gasteiger partial charge in [-0.2, -0.15) is 0 Å². The van der Waals surface area contributed by atoms with E-state index < -0.39 is 0 Å². The van der Waals surface area contributed by atoms with E-state index in [1.54, 1.807) is 11.3 Å². The highest BCUT2D eigenvalue weighted by atomic mass is 32.1. The van der Waals surface area contributed by atoms with E-state index in [9.17, 15) is 9.59 Å². The molecular weight excluding hydrogens is 384 g/mol. The summed E-state index contributed by atoms with van der Waals surface area (Å²) in [4.78, 5) is 31.0. The number of thiophene rings is 1. The van der Waals surface area contributed by atoms with Gasteiger partial charge in [0.05, 0.1) is 11.5 Å². The van der Waals surface area contributed by atoms with Crippen molar-refractivity contribution in [2.45, 2.75) is 32.6 Å². The second kappa shape index (κ2) is 8.99. The van der Waals surface area contributed by atoms with Gasteiger partial charge in [0.1, 0.15) is 5.75 Å². The zero-order valence-corrected chi connectivity index (χ0v) is 17.7. The van der Waals surface area contributed by atoms with Crippen LogP contribution in [0.1, 0.15) is 50.6 Å².